The van der Waals surface area contributed by atoms with Crippen molar-refractivity contribution in [3.63, 3.8) is 0 Å². The van der Waals surface area contributed by atoms with Crippen molar-refractivity contribution in [1.82, 2.24) is 0 Å². The highest BCUT2D eigenvalue weighted by Crippen LogP contribution is 2.44. The zero-order valence-corrected chi connectivity index (χ0v) is 23.1. The molecule has 0 aliphatic carbocycles. The summed E-state index contributed by atoms with van der Waals surface area (Å²) in [5.74, 6) is 0.842. The molecule has 3 aromatic rings. The Kier molecular flexibility index (Phi) is 8.41. The van der Waals surface area contributed by atoms with Gasteiger partial charge < -0.3 is 19.5 Å². The lowest BCUT2D eigenvalue weighted by atomic mass is 9.87. The molecule has 0 bridgehead atoms. The number of ether oxygens (including phenoxy) is 3. The van der Waals surface area contributed by atoms with E-state index in [0.29, 0.717) is 13.2 Å². The minimum Gasteiger partial charge on any atom is -0.485 e. The van der Waals surface area contributed by atoms with Gasteiger partial charge in [0.2, 0.25) is 0 Å². The third kappa shape index (κ3) is 6.82. The molecule has 0 spiro atoms. The van der Waals surface area contributed by atoms with Crippen LogP contribution in [0, 0.1) is 0 Å². The van der Waals surface area contributed by atoms with Gasteiger partial charge in [-0.05, 0) is 61.1 Å². The van der Waals surface area contributed by atoms with Gasteiger partial charge in [0.1, 0.15) is 23.6 Å². The number of hydrogen-bond acceptors (Lipinski definition) is 4. The number of hydrogen-bond donors (Lipinski definition) is 1. The lowest BCUT2D eigenvalue weighted by Crippen LogP contribution is -2.51. The van der Waals surface area contributed by atoms with Crippen LogP contribution >= 0.6 is 0 Å². The maximum absolute atomic E-state index is 6.58. The molecule has 1 N–H and O–H groups in total. The van der Waals surface area contributed by atoms with Crippen molar-refractivity contribution in [2.24, 2.45) is 0 Å². The van der Waals surface area contributed by atoms with Crippen molar-refractivity contribution in [2.45, 2.75) is 77.9 Å². The molecule has 2 atom stereocenters. The van der Waals surface area contributed by atoms with Crippen LogP contribution in [0.2, 0.25) is 0 Å². The molecule has 3 aromatic carbocycles. The number of benzene rings is 3. The molecule has 4 heteroatoms. The number of fused-ring (bicyclic) bond motifs is 1. The Balaban J connectivity index is 1.57. The highest BCUT2D eigenvalue weighted by Gasteiger charge is 2.45. The zero-order valence-electron chi connectivity index (χ0n) is 23.1. The lowest BCUT2D eigenvalue weighted by molar-refractivity contribution is -0.161. The van der Waals surface area contributed by atoms with Gasteiger partial charge in [-0.3, -0.25) is 0 Å². The molecule has 0 saturated carbocycles. The normalized spacial score (nSPS) is 18.9. The van der Waals surface area contributed by atoms with Crippen LogP contribution in [0.3, 0.4) is 0 Å². The quantitative estimate of drug-likeness (QED) is 0.303. The van der Waals surface area contributed by atoms with Gasteiger partial charge >= 0.3 is 0 Å². The second kappa shape index (κ2) is 11.5. The van der Waals surface area contributed by atoms with E-state index in [1.807, 2.05) is 43.3 Å². The van der Waals surface area contributed by atoms with Crippen LogP contribution in [0.1, 0.15) is 69.9 Å². The maximum atomic E-state index is 6.58. The number of anilines is 1. The summed E-state index contributed by atoms with van der Waals surface area (Å²) in [5.41, 5.74) is 5.36. The summed E-state index contributed by atoms with van der Waals surface area (Å²) in [6, 6.07) is 25.4. The zero-order chi connectivity index (χ0) is 26.5. The van der Waals surface area contributed by atoms with Crippen LogP contribution in [-0.4, -0.2) is 18.3 Å². The Morgan fingerprint density at radius 2 is 1.65 bits per heavy atom. The highest BCUT2D eigenvalue weighted by molar-refractivity contribution is 5.54. The van der Waals surface area contributed by atoms with E-state index in [-0.39, 0.29) is 17.6 Å². The van der Waals surface area contributed by atoms with Crippen molar-refractivity contribution < 1.29 is 14.2 Å². The van der Waals surface area contributed by atoms with Gasteiger partial charge in [0.05, 0.1) is 13.2 Å². The minimum absolute atomic E-state index is 0.151. The predicted octanol–water partition coefficient (Wildman–Crippen LogP) is 7.99. The molecule has 1 aliphatic rings. The van der Waals surface area contributed by atoms with Crippen LogP contribution in [-0.2, 0) is 28.0 Å². The third-order valence-electron chi connectivity index (χ3n) is 6.85. The first-order valence-corrected chi connectivity index (χ1v) is 13.2. The summed E-state index contributed by atoms with van der Waals surface area (Å²) in [7, 11) is 0. The summed E-state index contributed by atoms with van der Waals surface area (Å²) < 4.78 is 19.4. The molecule has 2 unspecified atom stereocenters. The van der Waals surface area contributed by atoms with Crippen LogP contribution in [0.25, 0.3) is 0 Å². The summed E-state index contributed by atoms with van der Waals surface area (Å²) in [5, 5.41) is 3.59. The topological polar surface area (TPSA) is 39.7 Å². The maximum Gasteiger partial charge on any atom is 0.132 e. The average Bonchev–Trinajstić information content (AvgIpc) is 2.87. The van der Waals surface area contributed by atoms with Gasteiger partial charge in [-0.15, -0.1) is 0 Å². The fourth-order valence-corrected chi connectivity index (χ4v) is 4.65. The molecule has 0 aromatic heterocycles. The summed E-state index contributed by atoms with van der Waals surface area (Å²) in [6.07, 6.45) is 3.49. The first-order valence-electron chi connectivity index (χ1n) is 13.2. The number of rotatable bonds is 9. The minimum atomic E-state index is -0.542. The molecule has 0 fully saturated rings. The van der Waals surface area contributed by atoms with Crippen molar-refractivity contribution in [3.05, 3.63) is 107 Å². The first kappa shape index (κ1) is 27.0. The molecule has 37 heavy (non-hydrogen) atoms. The van der Waals surface area contributed by atoms with Crippen LogP contribution in [0.5, 0.6) is 5.75 Å². The van der Waals surface area contributed by atoms with Crippen LogP contribution < -0.4 is 10.1 Å². The smallest absolute Gasteiger partial charge is 0.132 e. The predicted molar refractivity (Wildman–Crippen MR) is 152 cm³/mol. The molecule has 0 saturated heterocycles. The van der Waals surface area contributed by atoms with E-state index in [0.717, 1.165) is 29.1 Å². The fraction of sp³-hybridized carbons (Fsp3) is 0.394. The van der Waals surface area contributed by atoms with Crippen LogP contribution in [0.4, 0.5) is 5.69 Å². The molecular formula is C33H41NO3. The lowest BCUT2D eigenvalue weighted by Gasteiger charge is -2.44. The van der Waals surface area contributed by atoms with Crippen LogP contribution in [0.15, 0.2) is 84.9 Å². The molecule has 196 valence electrons. The summed E-state index contributed by atoms with van der Waals surface area (Å²) in [4.78, 5) is 0. The third-order valence-corrected chi connectivity index (χ3v) is 6.85. The van der Waals surface area contributed by atoms with E-state index in [9.17, 15) is 0 Å². The van der Waals surface area contributed by atoms with Gasteiger partial charge in [-0.1, -0.05) is 87.5 Å². The molecular weight excluding hydrogens is 458 g/mol. The summed E-state index contributed by atoms with van der Waals surface area (Å²) >= 11 is 0. The van der Waals surface area contributed by atoms with Crippen molar-refractivity contribution in [2.75, 3.05) is 11.9 Å². The SMILES string of the molecule is CC=CCOC1C(OCc2ccccc2)c2cc(NCc3ccc(C(C)(C)C)cc3)ccc2OC1(C)C. The Labute approximate surface area is 222 Å². The Bertz CT molecular complexity index is 1180. The van der Waals surface area contributed by atoms with Gasteiger partial charge in [0.25, 0.3) is 0 Å². The second-order valence-electron chi connectivity index (χ2n) is 11.3. The monoisotopic (exact) mass is 499 g/mol. The second-order valence-corrected chi connectivity index (χ2v) is 11.3. The van der Waals surface area contributed by atoms with Gasteiger partial charge in [-0.25, -0.2) is 0 Å². The largest absolute Gasteiger partial charge is 0.485 e. The van der Waals surface area contributed by atoms with Crippen molar-refractivity contribution in [1.29, 1.82) is 0 Å². The fourth-order valence-electron chi connectivity index (χ4n) is 4.65. The number of nitrogens with one attached hydrogen (secondary N) is 1. The van der Waals surface area contributed by atoms with Crippen molar-refractivity contribution in [3.8, 4) is 5.75 Å². The van der Waals surface area contributed by atoms with E-state index >= 15 is 0 Å². The van der Waals surface area contributed by atoms with Crippen molar-refractivity contribution >= 4 is 5.69 Å². The number of allylic oxidation sites excluding steroid dienone is 1. The molecule has 4 nitrogen and oxygen atoms in total. The molecule has 1 aliphatic heterocycles. The molecule has 1 heterocycles. The average molecular weight is 500 g/mol. The molecule has 0 radical (unpaired) electrons. The van der Waals surface area contributed by atoms with E-state index in [1.54, 1.807) is 0 Å². The van der Waals surface area contributed by atoms with E-state index in [1.165, 1.54) is 11.1 Å². The van der Waals surface area contributed by atoms with E-state index in [4.69, 9.17) is 14.2 Å². The molecule has 4 rings (SSSR count). The Morgan fingerprint density at radius 3 is 2.32 bits per heavy atom. The van der Waals surface area contributed by atoms with Gasteiger partial charge in [0, 0.05) is 17.8 Å². The Hall–Kier alpha value is -3.08. The van der Waals surface area contributed by atoms with Gasteiger partial charge in [-0.2, -0.15) is 0 Å². The van der Waals surface area contributed by atoms with E-state index in [2.05, 4.69) is 88.5 Å². The standard InChI is InChI=1S/C33H41NO3/c1-7-8-20-35-31-30(36-23-25-12-10-9-11-13-25)28-21-27(18-19-29(28)37-33(31,5)6)34-22-24-14-16-26(17-15-24)32(2,3)4/h7-19,21,30-31,34H,20,22-23H2,1-6H3. The summed E-state index contributed by atoms with van der Waals surface area (Å²) in [6.45, 7) is 14.6. The Morgan fingerprint density at radius 1 is 0.919 bits per heavy atom. The molecule has 0 amide bonds. The van der Waals surface area contributed by atoms with Gasteiger partial charge in [0.15, 0.2) is 0 Å². The first-order chi connectivity index (χ1) is 17.7. The highest BCUT2D eigenvalue weighted by atomic mass is 16.6. The van der Waals surface area contributed by atoms with E-state index < -0.39 is 5.60 Å².